The van der Waals surface area contributed by atoms with Gasteiger partial charge in [-0.3, -0.25) is 4.79 Å². The molecule has 0 aliphatic carbocycles. The number of nitrogens with two attached hydrogens (primary N) is 1. The van der Waals surface area contributed by atoms with Crippen molar-refractivity contribution in [2.45, 2.75) is 20.3 Å². The van der Waals surface area contributed by atoms with Gasteiger partial charge in [0, 0.05) is 6.07 Å². The van der Waals surface area contributed by atoms with Crippen molar-refractivity contribution < 1.29 is 9.53 Å². The zero-order chi connectivity index (χ0) is 13.4. The topological polar surface area (TPSA) is 77.2 Å². The van der Waals surface area contributed by atoms with Crippen LogP contribution in [0.5, 0.6) is 5.88 Å². The zero-order valence-electron chi connectivity index (χ0n) is 11.0. The number of ether oxygens (including phenoxy) is 1. The molecule has 0 unspecified atom stereocenters. The highest BCUT2D eigenvalue weighted by atomic mass is 16.5. The molecular weight excluding hydrogens is 230 g/mol. The molecule has 0 aliphatic heterocycles. The van der Waals surface area contributed by atoms with Crippen molar-refractivity contribution in [2.75, 3.05) is 19.7 Å². The van der Waals surface area contributed by atoms with Gasteiger partial charge < -0.3 is 15.8 Å². The Morgan fingerprint density at radius 1 is 1.50 bits per heavy atom. The van der Waals surface area contributed by atoms with Crippen molar-refractivity contribution in [3.05, 3.63) is 23.9 Å². The number of pyridine rings is 1. The minimum Gasteiger partial charge on any atom is -0.478 e. The van der Waals surface area contributed by atoms with Crippen LogP contribution in [0.25, 0.3) is 0 Å². The Hall–Kier alpha value is -1.62. The van der Waals surface area contributed by atoms with Gasteiger partial charge in [-0.1, -0.05) is 19.9 Å². The number of aromatic nitrogens is 1. The molecule has 5 nitrogen and oxygen atoms in total. The molecule has 0 saturated carbocycles. The molecule has 0 saturated heterocycles. The predicted molar refractivity (Wildman–Crippen MR) is 70.6 cm³/mol. The summed E-state index contributed by atoms with van der Waals surface area (Å²) in [7, 11) is 0. The van der Waals surface area contributed by atoms with E-state index in [0.717, 1.165) is 19.5 Å². The van der Waals surface area contributed by atoms with Crippen LogP contribution in [0.3, 0.4) is 0 Å². The van der Waals surface area contributed by atoms with Gasteiger partial charge in [0.25, 0.3) is 5.91 Å². The number of carbonyl (C=O) groups is 1. The molecule has 0 bridgehead atoms. The summed E-state index contributed by atoms with van der Waals surface area (Å²) in [4.78, 5) is 14.9. The van der Waals surface area contributed by atoms with E-state index < -0.39 is 5.91 Å². The smallest absolute Gasteiger partial charge is 0.267 e. The summed E-state index contributed by atoms with van der Waals surface area (Å²) < 4.78 is 5.44. The maximum atomic E-state index is 10.9. The van der Waals surface area contributed by atoms with Gasteiger partial charge in [0.2, 0.25) is 5.88 Å². The van der Waals surface area contributed by atoms with Gasteiger partial charge >= 0.3 is 0 Å². The fraction of sp³-hybridized carbons (Fsp3) is 0.538. The third kappa shape index (κ3) is 5.63. The number of carbonyl (C=O) groups excluding carboxylic acids is 1. The average molecular weight is 251 g/mol. The molecule has 0 aromatic carbocycles. The summed E-state index contributed by atoms with van der Waals surface area (Å²) in [5, 5.41) is 3.33. The first-order valence-corrected chi connectivity index (χ1v) is 6.20. The molecule has 1 aromatic heterocycles. The average Bonchev–Trinajstić information content (AvgIpc) is 2.33. The molecule has 100 valence electrons. The van der Waals surface area contributed by atoms with Crippen LogP contribution in [0.1, 0.15) is 30.8 Å². The van der Waals surface area contributed by atoms with Crippen LogP contribution in [-0.2, 0) is 0 Å². The van der Waals surface area contributed by atoms with Crippen LogP contribution in [0.15, 0.2) is 18.2 Å². The van der Waals surface area contributed by atoms with E-state index in [1.54, 1.807) is 18.2 Å². The number of hydrogen-bond donors (Lipinski definition) is 2. The van der Waals surface area contributed by atoms with Crippen molar-refractivity contribution in [1.29, 1.82) is 0 Å². The van der Waals surface area contributed by atoms with E-state index in [1.165, 1.54) is 0 Å². The first-order chi connectivity index (χ1) is 8.59. The Bertz CT molecular complexity index is 380. The number of amides is 1. The van der Waals surface area contributed by atoms with Gasteiger partial charge in [0.15, 0.2) is 0 Å². The number of rotatable bonds is 8. The zero-order valence-corrected chi connectivity index (χ0v) is 11.0. The molecule has 0 fully saturated rings. The summed E-state index contributed by atoms with van der Waals surface area (Å²) in [6.45, 7) is 6.83. The first-order valence-electron chi connectivity index (χ1n) is 6.20. The van der Waals surface area contributed by atoms with E-state index >= 15 is 0 Å². The van der Waals surface area contributed by atoms with Crippen molar-refractivity contribution in [1.82, 2.24) is 10.3 Å². The molecule has 1 amide bonds. The summed E-state index contributed by atoms with van der Waals surface area (Å²) in [6.07, 6.45) is 0.898. The highest BCUT2D eigenvalue weighted by Gasteiger charge is 2.03. The van der Waals surface area contributed by atoms with E-state index in [1.807, 2.05) is 0 Å². The van der Waals surface area contributed by atoms with Crippen LogP contribution in [0.2, 0.25) is 0 Å². The highest BCUT2D eigenvalue weighted by molar-refractivity contribution is 5.90. The lowest BCUT2D eigenvalue weighted by molar-refractivity contribution is 0.0994. The normalized spacial score (nSPS) is 10.6. The van der Waals surface area contributed by atoms with Gasteiger partial charge in [-0.2, -0.15) is 0 Å². The fourth-order valence-electron chi connectivity index (χ4n) is 1.40. The van der Waals surface area contributed by atoms with Gasteiger partial charge in [-0.15, -0.1) is 0 Å². The van der Waals surface area contributed by atoms with Gasteiger partial charge in [-0.05, 0) is 31.5 Å². The molecule has 0 spiro atoms. The number of nitrogens with one attached hydrogen (secondary N) is 1. The monoisotopic (exact) mass is 251 g/mol. The second-order valence-corrected chi connectivity index (χ2v) is 4.53. The number of hydrogen-bond acceptors (Lipinski definition) is 4. The minimum atomic E-state index is -0.543. The van der Waals surface area contributed by atoms with Crippen LogP contribution >= 0.6 is 0 Å². The Labute approximate surface area is 108 Å². The molecular formula is C13H21N3O2. The lowest BCUT2D eigenvalue weighted by Gasteiger charge is -2.08. The van der Waals surface area contributed by atoms with E-state index in [2.05, 4.69) is 24.1 Å². The third-order valence-corrected chi connectivity index (χ3v) is 2.28. The summed E-state index contributed by atoms with van der Waals surface area (Å²) in [5.41, 5.74) is 5.37. The maximum Gasteiger partial charge on any atom is 0.267 e. The quantitative estimate of drug-likeness (QED) is 0.680. The molecule has 1 heterocycles. The molecule has 0 aliphatic rings. The Morgan fingerprint density at radius 3 is 2.94 bits per heavy atom. The SMILES string of the molecule is CC(C)CNCCCOc1cccc(C(N)=O)n1. The molecule has 1 rings (SSSR count). The summed E-state index contributed by atoms with van der Waals surface area (Å²) in [6, 6.07) is 4.99. The third-order valence-electron chi connectivity index (χ3n) is 2.28. The van der Waals surface area contributed by atoms with Crippen LogP contribution in [0.4, 0.5) is 0 Å². The highest BCUT2D eigenvalue weighted by Crippen LogP contribution is 2.07. The van der Waals surface area contributed by atoms with Gasteiger partial charge in [-0.25, -0.2) is 4.98 Å². The number of primary amides is 1. The standard InChI is InChI=1S/C13H21N3O2/c1-10(2)9-15-7-4-8-18-12-6-3-5-11(16-12)13(14)17/h3,5-6,10,15H,4,7-9H2,1-2H3,(H2,14,17). The van der Waals surface area contributed by atoms with Gasteiger partial charge in [0.1, 0.15) is 5.69 Å². The van der Waals surface area contributed by atoms with Crippen LogP contribution in [0, 0.1) is 5.92 Å². The molecule has 3 N–H and O–H groups in total. The van der Waals surface area contributed by atoms with E-state index in [0.29, 0.717) is 18.4 Å². The minimum absolute atomic E-state index is 0.227. The Balaban J connectivity index is 2.23. The Kier molecular flexibility index (Phi) is 6.14. The van der Waals surface area contributed by atoms with E-state index in [4.69, 9.17) is 10.5 Å². The van der Waals surface area contributed by atoms with Gasteiger partial charge in [0.05, 0.1) is 6.61 Å². The second kappa shape index (κ2) is 7.66. The van der Waals surface area contributed by atoms with Crippen LogP contribution in [-0.4, -0.2) is 30.6 Å². The molecule has 18 heavy (non-hydrogen) atoms. The van der Waals surface area contributed by atoms with Crippen molar-refractivity contribution in [3.8, 4) is 5.88 Å². The number of nitrogens with zero attached hydrogens (tertiary/aromatic N) is 1. The van der Waals surface area contributed by atoms with Crippen LogP contribution < -0.4 is 15.8 Å². The molecule has 5 heteroatoms. The molecule has 0 atom stereocenters. The summed E-state index contributed by atoms with van der Waals surface area (Å²) >= 11 is 0. The van der Waals surface area contributed by atoms with E-state index in [9.17, 15) is 4.79 Å². The molecule has 0 radical (unpaired) electrons. The van der Waals surface area contributed by atoms with Crippen molar-refractivity contribution in [2.24, 2.45) is 11.7 Å². The lowest BCUT2D eigenvalue weighted by atomic mass is 10.2. The predicted octanol–water partition coefficient (Wildman–Crippen LogP) is 1.19. The van der Waals surface area contributed by atoms with Crippen molar-refractivity contribution in [3.63, 3.8) is 0 Å². The van der Waals surface area contributed by atoms with Crippen molar-refractivity contribution >= 4 is 5.91 Å². The maximum absolute atomic E-state index is 10.9. The largest absolute Gasteiger partial charge is 0.478 e. The lowest BCUT2D eigenvalue weighted by Crippen LogP contribution is -2.22. The second-order valence-electron chi connectivity index (χ2n) is 4.53. The Morgan fingerprint density at radius 2 is 2.28 bits per heavy atom. The molecule has 1 aromatic rings. The first kappa shape index (κ1) is 14.4. The summed E-state index contributed by atoms with van der Waals surface area (Å²) in [5.74, 6) is 0.550. The van der Waals surface area contributed by atoms with E-state index in [-0.39, 0.29) is 5.69 Å². The fourth-order valence-corrected chi connectivity index (χ4v) is 1.40.